The number of benzene rings is 1. The minimum Gasteiger partial charge on any atom is -0.350 e. The Hall–Kier alpha value is -1.94. The number of carbonyl (C=O) groups is 1. The Balaban J connectivity index is 2.60. The molecule has 5 nitrogen and oxygen atoms in total. The highest BCUT2D eigenvalue weighted by molar-refractivity contribution is 5.89. The van der Waals surface area contributed by atoms with E-state index in [2.05, 4.69) is 12.2 Å². The molecule has 208 valence electrons. The van der Waals surface area contributed by atoms with Gasteiger partial charge in [0.15, 0.2) is 29.1 Å². The Kier molecular flexibility index (Phi) is 14.9. The molecule has 1 unspecified atom stereocenters. The van der Waals surface area contributed by atoms with E-state index in [-0.39, 0.29) is 12.5 Å². The molecule has 2 amide bonds. The molecule has 1 aromatic rings. The zero-order valence-corrected chi connectivity index (χ0v) is 21.9. The van der Waals surface area contributed by atoms with E-state index in [4.69, 9.17) is 9.47 Å². The van der Waals surface area contributed by atoms with Crippen LogP contribution in [-0.4, -0.2) is 31.6 Å². The van der Waals surface area contributed by atoms with E-state index in [1.54, 1.807) is 5.32 Å². The summed E-state index contributed by atoms with van der Waals surface area (Å²) >= 11 is 0. The Morgan fingerprint density at radius 2 is 1.22 bits per heavy atom. The van der Waals surface area contributed by atoms with Crippen molar-refractivity contribution in [3.05, 3.63) is 29.1 Å². The molecule has 0 saturated carbocycles. The fourth-order valence-corrected chi connectivity index (χ4v) is 4.28. The fourth-order valence-electron chi connectivity index (χ4n) is 4.28. The second-order valence-corrected chi connectivity index (χ2v) is 8.96. The van der Waals surface area contributed by atoms with Crippen LogP contribution < -0.4 is 10.6 Å². The van der Waals surface area contributed by atoms with Crippen molar-refractivity contribution in [1.82, 2.24) is 5.32 Å². The first-order chi connectivity index (χ1) is 17.1. The molecule has 0 radical (unpaired) electrons. The van der Waals surface area contributed by atoms with E-state index in [1.165, 1.54) is 25.7 Å². The van der Waals surface area contributed by atoms with Crippen LogP contribution in [0.2, 0.25) is 0 Å². The third-order valence-corrected chi connectivity index (χ3v) is 6.22. The van der Waals surface area contributed by atoms with Crippen LogP contribution in [0.25, 0.3) is 0 Å². The Morgan fingerprint density at radius 3 is 1.75 bits per heavy atom. The minimum atomic E-state index is -2.28. The van der Waals surface area contributed by atoms with Crippen molar-refractivity contribution in [3.63, 3.8) is 0 Å². The smallest absolute Gasteiger partial charge is 0.319 e. The summed E-state index contributed by atoms with van der Waals surface area (Å²) in [5.74, 6) is -11.3. The minimum absolute atomic E-state index is 0.144. The quantitative estimate of drug-likeness (QED) is 0.0676. The molecule has 0 aliphatic carbocycles. The number of hydrogen-bond acceptors (Lipinski definition) is 3. The number of rotatable bonds is 18. The van der Waals surface area contributed by atoms with Gasteiger partial charge in [-0.25, -0.2) is 26.7 Å². The molecular formula is C26H41F5N2O3. The van der Waals surface area contributed by atoms with E-state index in [0.717, 1.165) is 32.1 Å². The molecule has 36 heavy (non-hydrogen) atoms. The van der Waals surface area contributed by atoms with E-state index >= 15 is 0 Å². The van der Waals surface area contributed by atoms with Crippen LogP contribution in [0.3, 0.4) is 0 Å². The predicted octanol–water partition coefficient (Wildman–Crippen LogP) is 7.83. The summed E-state index contributed by atoms with van der Waals surface area (Å²) in [6.07, 6.45) is 10.1. The first-order valence-corrected chi connectivity index (χ1v) is 13.0. The van der Waals surface area contributed by atoms with Gasteiger partial charge in [-0.2, -0.15) is 0 Å². The van der Waals surface area contributed by atoms with Crippen LogP contribution in [0.1, 0.15) is 91.9 Å². The van der Waals surface area contributed by atoms with Gasteiger partial charge < -0.3 is 20.1 Å². The number of nitrogens with one attached hydrogen (secondary N) is 2. The molecule has 2 N–H and O–H groups in total. The van der Waals surface area contributed by atoms with Crippen LogP contribution >= 0.6 is 0 Å². The van der Waals surface area contributed by atoms with Crippen molar-refractivity contribution < 1.29 is 36.2 Å². The van der Waals surface area contributed by atoms with Crippen LogP contribution in [0.15, 0.2) is 0 Å². The van der Waals surface area contributed by atoms with Gasteiger partial charge in [0.1, 0.15) is 5.69 Å². The van der Waals surface area contributed by atoms with E-state index < -0.39 is 46.6 Å². The highest BCUT2D eigenvalue weighted by Gasteiger charge is 2.35. The van der Waals surface area contributed by atoms with E-state index in [0.29, 0.717) is 19.6 Å². The van der Waals surface area contributed by atoms with Gasteiger partial charge in [0.25, 0.3) is 0 Å². The molecular weight excluding hydrogens is 483 g/mol. The third-order valence-electron chi connectivity index (χ3n) is 6.22. The number of anilines is 1. The molecule has 1 atom stereocenters. The zero-order valence-electron chi connectivity index (χ0n) is 21.9. The maximum Gasteiger partial charge on any atom is 0.319 e. The molecule has 0 heterocycles. The first-order valence-electron chi connectivity index (χ1n) is 13.0. The number of amides is 2. The van der Waals surface area contributed by atoms with Crippen LogP contribution in [0.4, 0.5) is 32.4 Å². The highest BCUT2D eigenvalue weighted by Crippen LogP contribution is 2.33. The van der Waals surface area contributed by atoms with Gasteiger partial charge in [0.2, 0.25) is 5.82 Å². The number of halogens is 5. The summed E-state index contributed by atoms with van der Waals surface area (Å²) < 4.78 is 79.2. The molecule has 0 saturated heterocycles. The molecule has 0 spiro atoms. The lowest BCUT2D eigenvalue weighted by molar-refractivity contribution is -0.254. The van der Waals surface area contributed by atoms with Crippen molar-refractivity contribution >= 4 is 11.7 Å². The van der Waals surface area contributed by atoms with E-state index in [9.17, 15) is 26.7 Å². The Bertz CT molecular complexity index is 775. The maximum absolute atomic E-state index is 13.7. The van der Waals surface area contributed by atoms with Gasteiger partial charge in [-0.15, -0.1) is 0 Å². The third kappa shape index (κ3) is 9.84. The molecule has 0 aromatic heterocycles. The molecule has 0 fully saturated rings. The second kappa shape index (κ2) is 16.7. The predicted molar refractivity (Wildman–Crippen MR) is 130 cm³/mol. The van der Waals surface area contributed by atoms with Crippen LogP contribution in [0, 0.1) is 35.0 Å². The van der Waals surface area contributed by atoms with E-state index in [1.807, 2.05) is 20.8 Å². The van der Waals surface area contributed by atoms with Crippen molar-refractivity contribution in [2.75, 3.05) is 25.1 Å². The van der Waals surface area contributed by atoms with Crippen molar-refractivity contribution in [2.45, 2.75) is 97.7 Å². The van der Waals surface area contributed by atoms with Crippen LogP contribution in [-0.2, 0) is 9.47 Å². The van der Waals surface area contributed by atoms with Gasteiger partial charge in [0, 0.05) is 25.7 Å². The van der Waals surface area contributed by atoms with Crippen LogP contribution in [0.5, 0.6) is 0 Å². The molecule has 0 aliphatic rings. The number of ether oxygens (including phenoxy) is 2. The molecule has 0 aliphatic heterocycles. The molecule has 1 rings (SSSR count). The second-order valence-electron chi connectivity index (χ2n) is 8.96. The summed E-state index contributed by atoms with van der Waals surface area (Å²) in [5.41, 5.74) is -1.38. The van der Waals surface area contributed by atoms with Gasteiger partial charge in [-0.3, -0.25) is 0 Å². The fraction of sp³-hybridized carbons (Fsp3) is 0.731. The topological polar surface area (TPSA) is 59.6 Å². The van der Waals surface area contributed by atoms with Gasteiger partial charge in [-0.1, -0.05) is 51.9 Å². The lowest BCUT2D eigenvalue weighted by atomic mass is 9.88. The van der Waals surface area contributed by atoms with Gasteiger partial charge in [-0.05, 0) is 40.0 Å². The van der Waals surface area contributed by atoms with Crippen molar-refractivity contribution in [1.29, 1.82) is 0 Å². The maximum atomic E-state index is 13.7. The molecule has 1 aromatic carbocycles. The van der Waals surface area contributed by atoms with Crippen molar-refractivity contribution in [2.24, 2.45) is 5.92 Å². The Labute approximate surface area is 211 Å². The van der Waals surface area contributed by atoms with Crippen molar-refractivity contribution in [3.8, 4) is 0 Å². The average molecular weight is 525 g/mol. The number of urea groups is 1. The normalized spacial score (nSPS) is 12.6. The molecule has 10 heteroatoms. The van der Waals surface area contributed by atoms with Gasteiger partial charge >= 0.3 is 6.03 Å². The molecule has 0 bridgehead atoms. The Morgan fingerprint density at radius 1 is 0.750 bits per heavy atom. The standard InChI is InChI=1S/C26H41F5N2O3/c1-5-8-9-10-11-12-15-18(26(4,35-6-2)36-7-3)16-13-14-17-32-25(34)33-24-22(30)20(28)19(27)21(29)23(24)31/h18H,5-17H2,1-4H3,(H2,32,33,34). The lowest BCUT2D eigenvalue weighted by Gasteiger charge is -2.37. The number of carbonyl (C=O) groups excluding carboxylic acids is 1. The lowest BCUT2D eigenvalue weighted by Crippen LogP contribution is -2.41. The number of unbranched alkanes of at least 4 members (excludes halogenated alkanes) is 6. The SMILES string of the molecule is CCCCCCCCC(CCCCNC(=O)Nc1c(F)c(F)c(F)c(F)c1F)C(C)(OCC)OCC. The summed E-state index contributed by atoms with van der Waals surface area (Å²) in [6.45, 7) is 9.18. The monoisotopic (exact) mass is 524 g/mol. The highest BCUT2D eigenvalue weighted by atomic mass is 19.2. The average Bonchev–Trinajstić information content (AvgIpc) is 2.85. The van der Waals surface area contributed by atoms with Gasteiger partial charge in [0.05, 0.1) is 0 Å². The summed E-state index contributed by atoms with van der Waals surface area (Å²) in [4.78, 5) is 12.0. The first kappa shape index (κ1) is 32.1. The zero-order chi connectivity index (χ0) is 27.1. The largest absolute Gasteiger partial charge is 0.350 e. The summed E-state index contributed by atoms with van der Waals surface area (Å²) in [7, 11) is 0. The summed E-state index contributed by atoms with van der Waals surface area (Å²) in [5, 5.41) is 4.10. The summed E-state index contributed by atoms with van der Waals surface area (Å²) in [6, 6.07) is -1.06. The number of hydrogen-bond donors (Lipinski definition) is 2.